The van der Waals surface area contributed by atoms with Gasteiger partial charge < -0.3 is 9.47 Å². The van der Waals surface area contributed by atoms with Crippen molar-refractivity contribution in [2.75, 3.05) is 6.61 Å². The van der Waals surface area contributed by atoms with Gasteiger partial charge in [0.2, 0.25) is 0 Å². The molecule has 259 valence electrons. The van der Waals surface area contributed by atoms with Crippen LogP contribution in [0.25, 0.3) is 0 Å². The largest absolute Gasteiger partial charge is 0.361 e. The quantitative estimate of drug-likeness (QED) is 0.0630. The van der Waals surface area contributed by atoms with Crippen LogP contribution in [-0.4, -0.2) is 12.7 Å². The zero-order valence-corrected chi connectivity index (χ0v) is 29.9. The van der Waals surface area contributed by atoms with Crippen molar-refractivity contribution in [3.8, 4) is 0 Å². The Morgan fingerprint density at radius 2 is 0.804 bits per heavy atom. The Kier molecular flexibility index (Phi) is 13.1. The van der Waals surface area contributed by atoms with Crippen molar-refractivity contribution in [2.45, 2.75) is 69.2 Å². The summed E-state index contributed by atoms with van der Waals surface area (Å²) < 4.78 is 15.0. The minimum Gasteiger partial charge on any atom is -0.361 e. The molecular formula is C49H51O2. The SMILES string of the molecule is CCCCCC[CH]CC(CCOC(c1ccccc1)(c1ccccc1)c1ccccc1)OC(c1ccccc1)(c1ccccc1)c1ccccc1. The molecule has 0 aliphatic carbocycles. The van der Waals surface area contributed by atoms with Gasteiger partial charge in [-0.2, -0.15) is 0 Å². The highest BCUT2D eigenvalue weighted by atomic mass is 16.5. The van der Waals surface area contributed by atoms with Gasteiger partial charge in [-0.15, -0.1) is 0 Å². The Morgan fingerprint density at radius 3 is 1.16 bits per heavy atom. The molecule has 2 nitrogen and oxygen atoms in total. The van der Waals surface area contributed by atoms with Crippen molar-refractivity contribution in [1.29, 1.82) is 0 Å². The first-order valence-corrected chi connectivity index (χ1v) is 18.7. The number of hydrogen-bond acceptors (Lipinski definition) is 2. The molecule has 0 fully saturated rings. The Balaban J connectivity index is 1.39. The van der Waals surface area contributed by atoms with Crippen molar-refractivity contribution in [2.24, 2.45) is 0 Å². The first-order valence-electron chi connectivity index (χ1n) is 18.7. The van der Waals surface area contributed by atoms with E-state index in [0.717, 1.165) is 46.2 Å². The molecule has 6 aromatic rings. The smallest absolute Gasteiger partial charge is 0.144 e. The molecule has 6 rings (SSSR count). The number of ether oxygens (including phenoxy) is 2. The van der Waals surface area contributed by atoms with E-state index in [0.29, 0.717) is 13.0 Å². The van der Waals surface area contributed by atoms with Crippen LogP contribution in [0.4, 0.5) is 0 Å². The van der Waals surface area contributed by atoms with Crippen LogP contribution in [0, 0.1) is 6.42 Å². The lowest BCUT2D eigenvalue weighted by Crippen LogP contribution is -2.38. The molecule has 1 radical (unpaired) electrons. The third-order valence-corrected chi connectivity index (χ3v) is 9.88. The molecule has 1 unspecified atom stereocenters. The van der Waals surface area contributed by atoms with E-state index in [2.05, 4.69) is 195 Å². The summed E-state index contributed by atoms with van der Waals surface area (Å²) in [7, 11) is 0. The molecule has 2 heteroatoms. The molecule has 51 heavy (non-hydrogen) atoms. The van der Waals surface area contributed by atoms with Gasteiger partial charge in [-0.1, -0.05) is 221 Å². The van der Waals surface area contributed by atoms with Crippen LogP contribution in [-0.2, 0) is 20.7 Å². The second kappa shape index (κ2) is 18.5. The number of unbranched alkanes of at least 4 members (excludes halogenated alkanes) is 5. The van der Waals surface area contributed by atoms with Gasteiger partial charge in [0, 0.05) is 0 Å². The van der Waals surface area contributed by atoms with E-state index in [4.69, 9.17) is 9.47 Å². The second-order valence-electron chi connectivity index (χ2n) is 13.3. The molecule has 0 N–H and O–H groups in total. The molecule has 0 bridgehead atoms. The van der Waals surface area contributed by atoms with Crippen LogP contribution < -0.4 is 0 Å². The summed E-state index contributed by atoms with van der Waals surface area (Å²) in [6.45, 7) is 2.77. The first-order chi connectivity index (χ1) is 25.3. The number of rotatable bonds is 19. The van der Waals surface area contributed by atoms with Gasteiger partial charge in [-0.05, 0) is 52.6 Å². The van der Waals surface area contributed by atoms with E-state index in [1.165, 1.54) is 25.7 Å². The Bertz CT molecular complexity index is 1610. The molecule has 0 saturated carbocycles. The van der Waals surface area contributed by atoms with Crippen LogP contribution in [0.1, 0.15) is 85.3 Å². The molecule has 0 saturated heterocycles. The van der Waals surface area contributed by atoms with Crippen LogP contribution in [0.5, 0.6) is 0 Å². The van der Waals surface area contributed by atoms with Crippen molar-refractivity contribution in [3.63, 3.8) is 0 Å². The summed E-state index contributed by atoms with van der Waals surface area (Å²) >= 11 is 0. The van der Waals surface area contributed by atoms with E-state index in [1.54, 1.807) is 0 Å². The van der Waals surface area contributed by atoms with Crippen molar-refractivity contribution < 1.29 is 9.47 Å². The topological polar surface area (TPSA) is 18.5 Å². The number of hydrogen-bond donors (Lipinski definition) is 0. The zero-order chi connectivity index (χ0) is 35.0. The molecular weight excluding hydrogens is 621 g/mol. The average Bonchev–Trinajstić information content (AvgIpc) is 3.21. The molecule has 1 atom stereocenters. The fraction of sp³-hybridized carbons (Fsp3) is 0.245. The lowest BCUT2D eigenvalue weighted by Gasteiger charge is -2.40. The van der Waals surface area contributed by atoms with Crippen LogP contribution in [0.15, 0.2) is 182 Å². The highest BCUT2D eigenvalue weighted by Crippen LogP contribution is 2.44. The summed E-state index contributed by atoms with van der Waals surface area (Å²) in [5.41, 5.74) is 5.07. The van der Waals surface area contributed by atoms with Crippen LogP contribution >= 0.6 is 0 Å². The molecule has 0 heterocycles. The Hall–Kier alpha value is -4.76. The van der Waals surface area contributed by atoms with Gasteiger partial charge in [0.15, 0.2) is 0 Å². The van der Waals surface area contributed by atoms with Crippen LogP contribution in [0.2, 0.25) is 0 Å². The van der Waals surface area contributed by atoms with Gasteiger partial charge in [0.1, 0.15) is 11.2 Å². The summed E-state index contributed by atoms with van der Waals surface area (Å²) in [5.74, 6) is 0. The predicted octanol–water partition coefficient (Wildman–Crippen LogP) is 12.3. The maximum absolute atomic E-state index is 7.64. The molecule has 0 aliphatic rings. The summed E-state index contributed by atoms with van der Waals surface area (Å²) in [4.78, 5) is 0. The normalized spacial score (nSPS) is 12.4. The first kappa shape index (κ1) is 36.0. The molecule has 0 aliphatic heterocycles. The lowest BCUT2D eigenvalue weighted by atomic mass is 9.79. The summed E-state index contributed by atoms with van der Waals surface area (Å²) in [6, 6.07) is 64.1. The maximum Gasteiger partial charge on any atom is 0.144 e. The van der Waals surface area contributed by atoms with Gasteiger partial charge in [0.25, 0.3) is 0 Å². The monoisotopic (exact) mass is 671 g/mol. The van der Waals surface area contributed by atoms with Gasteiger partial charge in [0.05, 0.1) is 12.7 Å². The number of benzene rings is 6. The van der Waals surface area contributed by atoms with Gasteiger partial charge >= 0.3 is 0 Å². The van der Waals surface area contributed by atoms with Crippen molar-refractivity contribution in [1.82, 2.24) is 0 Å². The fourth-order valence-corrected chi connectivity index (χ4v) is 7.33. The van der Waals surface area contributed by atoms with E-state index >= 15 is 0 Å². The summed E-state index contributed by atoms with van der Waals surface area (Å²) in [5, 5.41) is 0. The van der Waals surface area contributed by atoms with Crippen molar-refractivity contribution in [3.05, 3.63) is 222 Å². The molecule has 0 aromatic heterocycles. The zero-order valence-electron chi connectivity index (χ0n) is 29.9. The average molecular weight is 672 g/mol. The fourth-order valence-electron chi connectivity index (χ4n) is 7.33. The third-order valence-electron chi connectivity index (χ3n) is 9.88. The molecule has 0 spiro atoms. The third kappa shape index (κ3) is 8.59. The Labute approximate surface area is 306 Å². The minimum absolute atomic E-state index is 0.114. The second-order valence-corrected chi connectivity index (χ2v) is 13.3. The standard InChI is InChI=1S/C49H51O2/c1-2-3-4-5-6-25-38-47(51-49(44-32-19-10-20-33-44,45-34-21-11-22-35-45)46-36-23-12-24-37-46)39-40-50-48(41-26-13-7-14-27-41,42-28-15-8-16-29-42)43-30-17-9-18-31-43/h7-37,47H,2-6,38-40H2,1H3. The van der Waals surface area contributed by atoms with E-state index in [9.17, 15) is 0 Å². The van der Waals surface area contributed by atoms with Gasteiger partial charge in [-0.25, -0.2) is 0 Å². The predicted molar refractivity (Wildman–Crippen MR) is 212 cm³/mol. The lowest BCUT2D eigenvalue weighted by molar-refractivity contribution is -0.0728. The highest BCUT2D eigenvalue weighted by molar-refractivity contribution is 5.49. The van der Waals surface area contributed by atoms with E-state index < -0.39 is 11.2 Å². The highest BCUT2D eigenvalue weighted by Gasteiger charge is 2.41. The molecule has 6 aromatic carbocycles. The summed E-state index contributed by atoms with van der Waals surface area (Å²) in [6.07, 6.45) is 9.95. The Morgan fingerprint density at radius 1 is 0.451 bits per heavy atom. The minimum atomic E-state index is -0.806. The van der Waals surface area contributed by atoms with E-state index in [1.807, 2.05) is 0 Å². The van der Waals surface area contributed by atoms with Crippen molar-refractivity contribution >= 4 is 0 Å². The van der Waals surface area contributed by atoms with E-state index in [-0.39, 0.29) is 6.10 Å². The maximum atomic E-state index is 7.64. The van der Waals surface area contributed by atoms with Gasteiger partial charge in [-0.3, -0.25) is 0 Å². The molecule has 0 amide bonds. The van der Waals surface area contributed by atoms with Crippen LogP contribution in [0.3, 0.4) is 0 Å².